The van der Waals surface area contributed by atoms with Gasteiger partial charge in [0.05, 0.1) is 6.61 Å². The predicted molar refractivity (Wildman–Crippen MR) is 75.0 cm³/mol. The number of benzene rings is 1. The minimum Gasteiger partial charge on any atom is -0.486 e. The number of rotatable bonds is 7. The van der Waals surface area contributed by atoms with Gasteiger partial charge in [-0.2, -0.15) is 0 Å². The standard InChI is InChI=1S/C15H23NO3/c1-3-8-16(9-10-17-2)11-13-12-18-14-6-4-5-7-15(14)19-13/h4-7,13H,3,8-12H2,1-2H3. The van der Waals surface area contributed by atoms with Crippen molar-refractivity contribution in [3.05, 3.63) is 24.3 Å². The number of methoxy groups -OCH3 is 1. The lowest BCUT2D eigenvalue weighted by Gasteiger charge is -2.31. The first-order chi connectivity index (χ1) is 9.33. The minimum absolute atomic E-state index is 0.0957. The molecule has 0 fully saturated rings. The first-order valence-corrected chi connectivity index (χ1v) is 6.93. The second-order valence-corrected chi connectivity index (χ2v) is 4.79. The van der Waals surface area contributed by atoms with E-state index in [2.05, 4.69) is 11.8 Å². The van der Waals surface area contributed by atoms with Crippen molar-refractivity contribution < 1.29 is 14.2 Å². The Morgan fingerprint density at radius 2 is 2.05 bits per heavy atom. The summed E-state index contributed by atoms with van der Waals surface area (Å²) in [6.07, 6.45) is 1.23. The molecule has 4 heteroatoms. The summed E-state index contributed by atoms with van der Waals surface area (Å²) in [6.45, 7) is 6.43. The van der Waals surface area contributed by atoms with Gasteiger partial charge in [-0.3, -0.25) is 4.90 Å². The third-order valence-corrected chi connectivity index (χ3v) is 3.18. The number of para-hydroxylation sites is 2. The van der Waals surface area contributed by atoms with E-state index in [9.17, 15) is 0 Å². The lowest BCUT2D eigenvalue weighted by atomic mass is 10.2. The van der Waals surface area contributed by atoms with Crippen LogP contribution in [0.1, 0.15) is 13.3 Å². The molecule has 1 heterocycles. The van der Waals surface area contributed by atoms with Crippen LogP contribution in [0.3, 0.4) is 0 Å². The van der Waals surface area contributed by atoms with E-state index in [0.717, 1.165) is 44.2 Å². The summed E-state index contributed by atoms with van der Waals surface area (Å²) in [4.78, 5) is 2.37. The zero-order chi connectivity index (χ0) is 13.5. The minimum atomic E-state index is 0.0957. The Balaban J connectivity index is 1.88. The molecule has 0 aliphatic carbocycles. The Morgan fingerprint density at radius 1 is 1.26 bits per heavy atom. The molecule has 0 radical (unpaired) electrons. The third kappa shape index (κ3) is 4.11. The summed E-state index contributed by atoms with van der Waals surface area (Å²) in [6, 6.07) is 7.84. The fraction of sp³-hybridized carbons (Fsp3) is 0.600. The van der Waals surface area contributed by atoms with E-state index >= 15 is 0 Å². The van der Waals surface area contributed by atoms with E-state index in [0.29, 0.717) is 6.61 Å². The number of ether oxygens (including phenoxy) is 3. The first-order valence-electron chi connectivity index (χ1n) is 6.93. The summed E-state index contributed by atoms with van der Waals surface area (Å²) in [5, 5.41) is 0. The monoisotopic (exact) mass is 265 g/mol. The van der Waals surface area contributed by atoms with Gasteiger partial charge in [-0.05, 0) is 25.1 Å². The summed E-state index contributed by atoms with van der Waals surface area (Å²) >= 11 is 0. The van der Waals surface area contributed by atoms with Gasteiger partial charge in [0.15, 0.2) is 11.5 Å². The molecule has 1 aliphatic heterocycles. The fourth-order valence-electron chi connectivity index (χ4n) is 2.27. The summed E-state index contributed by atoms with van der Waals surface area (Å²) in [5.41, 5.74) is 0. The molecule has 0 aromatic heterocycles. The molecule has 1 unspecified atom stereocenters. The molecule has 0 saturated heterocycles. The van der Waals surface area contributed by atoms with Crippen molar-refractivity contribution in [2.24, 2.45) is 0 Å². The van der Waals surface area contributed by atoms with Crippen molar-refractivity contribution in [3.8, 4) is 11.5 Å². The van der Waals surface area contributed by atoms with Crippen molar-refractivity contribution in [2.45, 2.75) is 19.4 Å². The van der Waals surface area contributed by atoms with Gasteiger partial charge >= 0.3 is 0 Å². The normalized spacial score (nSPS) is 17.7. The van der Waals surface area contributed by atoms with Gasteiger partial charge in [0.1, 0.15) is 12.7 Å². The largest absolute Gasteiger partial charge is 0.486 e. The van der Waals surface area contributed by atoms with E-state index in [1.54, 1.807) is 7.11 Å². The molecule has 0 saturated carbocycles. The van der Waals surface area contributed by atoms with Crippen molar-refractivity contribution in [1.82, 2.24) is 4.90 Å². The summed E-state index contributed by atoms with van der Waals surface area (Å²) < 4.78 is 16.9. The average molecular weight is 265 g/mol. The van der Waals surface area contributed by atoms with Crippen molar-refractivity contribution >= 4 is 0 Å². The van der Waals surface area contributed by atoms with E-state index in [1.807, 2.05) is 24.3 Å². The van der Waals surface area contributed by atoms with Crippen LogP contribution in [0, 0.1) is 0 Å². The molecule has 2 rings (SSSR count). The van der Waals surface area contributed by atoms with Crippen LogP contribution in [0.15, 0.2) is 24.3 Å². The predicted octanol–water partition coefficient (Wildman–Crippen LogP) is 2.18. The first kappa shape index (κ1) is 14.2. The molecule has 1 aromatic carbocycles. The van der Waals surface area contributed by atoms with Crippen LogP contribution in [0.2, 0.25) is 0 Å². The zero-order valence-corrected chi connectivity index (χ0v) is 11.8. The van der Waals surface area contributed by atoms with Crippen molar-refractivity contribution in [2.75, 3.05) is 40.0 Å². The van der Waals surface area contributed by atoms with Gasteiger partial charge < -0.3 is 14.2 Å². The average Bonchev–Trinajstić information content (AvgIpc) is 2.45. The van der Waals surface area contributed by atoms with Crippen LogP contribution < -0.4 is 9.47 Å². The van der Waals surface area contributed by atoms with Crippen LogP contribution in [-0.4, -0.2) is 51.0 Å². The molecular weight excluding hydrogens is 242 g/mol. The molecule has 0 bridgehead atoms. The van der Waals surface area contributed by atoms with E-state index < -0.39 is 0 Å². The van der Waals surface area contributed by atoms with Crippen LogP contribution in [0.4, 0.5) is 0 Å². The second-order valence-electron chi connectivity index (χ2n) is 4.79. The van der Waals surface area contributed by atoms with Gasteiger partial charge in [0.25, 0.3) is 0 Å². The molecule has 4 nitrogen and oxygen atoms in total. The Hall–Kier alpha value is -1.26. The van der Waals surface area contributed by atoms with Crippen molar-refractivity contribution in [3.63, 3.8) is 0 Å². The van der Waals surface area contributed by atoms with Gasteiger partial charge in [-0.15, -0.1) is 0 Å². The Bertz CT molecular complexity index is 383. The number of fused-ring (bicyclic) bond motifs is 1. The third-order valence-electron chi connectivity index (χ3n) is 3.18. The highest BCUT2D eigenvalue weighted by Crippen LogP contribution is 2.30. The molecule has 1 aromatic rings. The highest BCUT2D eigenvalue weighted by molar-refractivity contribution is 5.40. The SMILES string of the molecule is CCCN(CCOC)CC1COc2ccccc2O1. The number of hydrogen-bond acceptors (Lipinski definition) is 4. The van der Waals surface area contributed by atoms with Crippen LogP contribution >= 0.6 is 0 Å². The van der Waals surface area contributed by atoms with Gasteiger partial charge in [0.2, 0.25) is 0 Å². The highest BCUT2D eigenvalue weighted by Gasteiger charge is 2.22. The number of nitrogens with zero attached hydrogens (tertiary/aromatic N) is 1. The maximum Gasteiger partial charge on any atom is 0.161 e. The molecular formula is C15H23NO3. The summed E-state index contributed by atoms with van der Waals surface area (Å²) in [7, 11) is 1.74. The maximum absolute atomic E-state index is 5.98. The van der Waals surface area contributed by atoms with Crippen LogP contribution in [-0.2, 0) is 4.74 Å². The molecule has 1 aliphatic rings. The van der Waals surface area contributed by atoms with E-state index in [-0.39, 0.29) is 6.10 Å². The van der Waals surface area contributed by atoms with Gasteiger partial charge in [-0.25, -0.2) is 0 Å². The van der Waals surface area contributed by atoms with Gasteiger partial charge in [0, 0.05) is 20.2 Å². The highest BCUT2D eigenvalue weighted by atomic mass is 16.6. The van der Waals surface area contributed by atoms with Crippen LogP contribution in [0.25, 0.3) is 0 Å². The van der Waals surface area contributed by atoms with Gasteiger partial charge in [-0.1, -0.05) is 19.1 Å². The van der Waals surface area contributed by atoms with E-state index in [4.69, 9.17) is 14.2 Å². The molecule has 0 amide bonds. The Morgan fingerprint density at radius 3 is 2.79 bits per heavy atom. The topological polar surface area (TPSA) is 30.9 Å². The maximum atomic E-state index is 5.98. The Kier molecular flexibility index (Phi) is 5.48. The molecule has 19 heavy (non-hydrogen) atoms. The fourth-order valence-corrected chi connectivity index (χ4v) is 2.27. The Labute approximate surface area is 115 Å². The molecule has 0 spiro atoms. The second kappa shape index (κ2) is 7.36. The molecule has 0 N–H and O–H groups in total. The van der Waals surface area contributed by atoms with Crippen LogP contribution in [0.5, 0.6) is 11.5 Å². The zero-order valence-electron chi connectivity index (χ0n) is 11.8. The molecule has 106 valence electrons. The lowest BCUT2D eigenvalue weighted by molar-refractivity contribution is 0.0499. The summed E-state index contributed by atoms with van der Waals surface area (Å²) in [5.74, 6) is 1.69. The molecule has 1 atom stereocenters. The van der Waals surface area contributed by atoms with Crippen molar-refractivity contribution in [1.29, 1.82) is 0 Å². The quantitative estimate of drug-likeness (QED) is 0.756. The van der Waals surface area contributed by atoms with E-state index in [1.165, 1.54) is 0 Å². The smallest absolute Gasteiger partial charge is 0.161 e. The number of hydrogen-bond donors (Lipinski definition) is 0. The lowest BCUT2D eigenvalue weighted by Crippen LogP contribution is -2.42.